The Balaban J connectivity index is 0.868. The Morgan fingerprint density at radius 2 is 1.88 bits per heavy atom. The number of H-pyrrole nitrogens is 1. The van der Waals surface area contributed by atoms with Gasteiger partial charge in [0.2, 0.25) is 5.91 Å². The smallest absolute Gasteiger partial charge is 0.256 e. The van der Waals surface area contributed by atoms with Crippen molar-refractivity contribution in [2.75, 3.05) is 50.6 Å². The second kappa shape index (κ2) is 15.6. The van der Waals surface area contributed by atoms with Crippen molar-refractivity contribution >= 4 is 46.4 Å². The Labute approximate surface area is 303 Å². The highest BCUT2D eigenvalue weighted by atomic mass is 16.5. The maximum Gasteiger partial charge on any atom is 0.256 e. The number of amides is 3. The highest BCUT2D eigenvalue weighted by Gasteiger charge is 2.35. The number of pyridine rings is 1. The number of piperidine rings is 1. The second-order valence-corrected chi connectivity index (χ2v) is 14.2. The van der Waals surface area contributed by atoms with Crippen LogP contribution in [-0.2, 0) is 16.1 Å². The van der Waals surface area contributed by atoms with Gasteiger partial charge in [0.15, 0.2) is 0 Å². The fourth-order valence-corrected chi connectivity index (χ4v) is 7.90. The Hall–Kier alpha value is -5.23. The molecule has 2 atom stereocenters. The average Bonchev–Trinajstić information content (AvgIpc) is 3.88. The fraction of sp³-hybridized carbons (Fsp3) is 0.425. The molecular formula is C40H47N7O5. The lowest BCUT2D eigenvalue weighted by molar-refractivity contribution is -0.121. The van der Waals surface area contributed by atoms with Crippen LogP contribution in [0.4, 0.5) is 11.5 Å². The maximum absolute atomic E-state index is 13.3. The molecule has 5 heterocycles. The van der Waals surface area contributed by atoms with E-state index in [1.165, 1.54) is 12.1 Å². The molecule has 7 rings (SSSR count). The minimum atomic E-state index is -0.635. The third-order valence-electron chi connectivity index (χ3n) is 11.0. The summed E-state index contributed by atoms with van der Waals surface area (Å²) in [6.07, 6.45) is 8.34. The number of aromatic amines is 1. The molecule has 2 saturated heterocycles. The van der Waals surface area contributed by atoms with Crippen LogP contribution in [-0.4, -0.2) is 90.2 Å². The van der Waals surface area contributed by atoms with Gasteiger partial charge in [0, 0.05) is 84.9 Å². The predicted octanol–water partition coefficient (Wildman–Crippen LogP) is 5.32. The van der Waals surface area contributed by atoms with E-state index < -0.39 is 6.04 Å². The van der Waals surface area contributed by atoms with Gasteiger partial charge >= 0.3 is 0 Å². The van der Waals surface area contributed by atoms with Gasteiger partial charge in [0.05, 0.1) is 18.2 Å². The Kier molecular flexibility index (Phi) is 10.5. The molecule has 0 spiro atoms. The highest BCUT2D eigenvalue weighted by Crippen LogP contribution is 2.36. The molecule has 2 aromatic heterocycles. The van der Waals surface area contributed by atoms with E-state index in [1.54, 1.807) is 30.3 Å². The first-order valence-corrected chi connectivity index (χ1v) is 18.4. The number of benzene rings is 2. The van der Waals surface area contributed by atoms with Crippen LogP contribution in [0.3, 0.4) is 0 Å². The molecule has 4 aromatic rings. The normalized spacial score (nSPS) is 18.4. The van der Waals surface area contributed by atoms with Gasteiger partial charge in [0.1, 0.15) is 17.9 Å². The summed E-state index contributed by atoms with van der Waals surface area (Å²) >= 11 is 0. The molecule has 0 aliphatic carbocycles. The van der Waals surface area contributed by atoms with E-state index in [1.807, 2.05) is 30.3 Å². The lowest BCUT2D eigenvalue weighted by Gasteiger charge is -2.34. The zero-order valence-corrected chi connectivity index (χ0v) is 29.9. The number of nitrogens with one attached hydrogen (secondary N) is 3. The third-order valence-corrected chi connectivity index (χ3v) is 11.0. The van der Waals surface area contributed by atoms with Crippen molar-refractivity contribution in [2.24, 2.45) is 5.92 Å². The molecule has 52 heavy (non-hydrogen) atoms. The zero-order valence-electron chi connectivity index (χ0n) is 29.9. The van der Waals surface area contributed by atoms with Crippen LogP contribution >= 0.6 is 0 Å². The maximum atomic E-state index is 13.3. The van der Waals surface area contributed by atoms with E-state index >= 15 is 0 Å². The SMILES string of the molecule is CNC(=O)CCC(C=O)N1Cc2c(cccc2N2CCC(CCOc3ccc(C(=O)Nc4cc5[nH]c(C6CCCN6C)cc5cn4)cc3)CC2)C1=O. The number of aromatic nitrogens is 2. The molecule has 12 heteroatoms. The lowest BCUT2D eigenvalue weighted by atomic mass is 9.93. The number of hydrogen-bond donors (Lipinski definition) is 3. The van der Waals surface area contributed by atoms with Gasteiger partial charge in [-0.05, 0) is 100 Å². The molecule has 12 nitrogen and oxygen atoms in total. The van der Waals surface area contributed by atoms with Crippen molar-refractivity contribution in [3.8, 4) is 5.75 Å². The van der Waals surface area contributed by atoms with Gasteiger partial charge in [-0.1, -0.05) is 6.07 Å². The third kappa shape index (κ3) is 7.52. The van der Waals surface area contributed by atoms with E-state index in [2.05, 4.69) is 49.6 Å². The standard InChI is InChI=1S/C40H47N7O5/c1-41-38(49)13-10-29(25-48)47-24-32-31(40(47)51)5-3-6-35(32)46-18-14-26(15-19-46)16-20-52-30-11-8-27(9-12-30)39(50)44-37-22-33-28(23-42-37)21-34(43-33)36-7-4-17-45(36)2/h3,5-6,8-9,11-12,21-23,25-26,29,36,43H,4,7,10,13-20,24H2,1-2H3,(H,41,49)(H,42,44,50). The van der Waals surface area contributed by atoms with E-state index in [4.69, 9.17) is 4.74 Å². The van der Waals surface area contributed by atoms with Crippen LogP contribution in [0.25, 0.3) is 10.9 Å². The van der Waals surface area contributed by atoms with Gasteiger partial charge in [-0.3, -0.25) is 19.3 Å². The first-order valence-electron chi connectivity index (χ1n) is 18.4. The van der Waals surface area contributed by atoms with Crippen LogP contribution in [0.1, 0.15) is 83.0 Å². The molecule has 3 N–H and O–H groups in total. The largest absolute Gasteiger partial charge is 0.494 e. The molecule has 2 aromatic carbocycles. The van der Waals surface area contributed by atoms with Crippen LogP contribution in [0.2, 0.25) is 0 Å². The number of ether oxygens (including phenoxy) is 1. The molecule has 0 bridgehead atoms. The summed E-state index contributed by atoms with van der Waals surface area (Å²) in [5.74, 6) is 1.22. The van der Waals surface area contributed by atoms with Crippen molar-refractivity contribution < 1.29 is 23.9 Å². The Morgan fingerprint density at radius 1 is 1.08 bits per heavy atom. The summed E-state index contributed by atoms with van der Waals surface area (Å²) in [6, 6.07) is 16.8. The molecule has 2 unspecified atom stereocenters. The van der Waals surface area contributed by atoms with Gasteiger partial charge in [-0.15, -0.1) is 0 Å². The molecule has 3 aliphatic rings. The first-order chi connectivity index (χ1) is 25.3. The summed E-state index contributed by atoms with van der Waals surface area (Å²) in [7, 11) is 3.72. The van der Waals surface area contributed by atoms with E-state index in [0.717, 1.165) is 79.5 Å². The van der Waals surface area contributed by atoms with Gasteiger partial charge in [0.25, 0.3) is 11.8 Å². The average molecular weight is 706 g/mol. The zero-order chi connectivity index (χ0) is 36.2. The first kappa shape index (κ1) is 35.2. The summed E-state index contributed by atoms with van der Waals surface area (Å²) in [5.41, 5.74) is 5.32. The summed E-state index contributed by atoms with van der Waals surface area (Å²) in [6.45, 7) is 3.80. The summed E-state index contributed by atoms with van der Waals surface area (Å²) < 4.78 is 6.07. The van der Waals surface area contributed by atoms with Crippen LogP contribution in [0, 0.1) is 5.92 Å². The van der Waals surface area contributed by atoms with Gasteiger partial charge in [-0.2, -0.15) is 0 Å². The quantitative estimate of drug-likeness (QED) is 0.159. The topological polar surface area (TPSA) is 140 Å². The van der Waals surface area contributed by atoms with Crippen LogP contribution in [0.5, 0.6) is 5.75 Å². The molecule has 272 valence electrons. The van der Waals surface area contributed by atoms with Gasteiger partial charge in [-0.25, -0.2) is 4.98 Å². The number of carbonyl (C=O) groups excluding carboxylic acids is 4. The predicted molar refractivity (Wildman–Crippen MR) is 200 cm³/mol. The van der Waals surface area contributed by atoms with Crippen molar-refractivity contribution in [3.63, 3.8) is 0 Å². The number of carbonyl (C=O) groups is 4. The van der Waals surface area contributed by atoms with Crippen molar-refractivity contribution in [1.82, 2.24) is 25.1 Å². The number of hydrogen-bond acceptors (Lipinski definition) is 8. The van der Waals surface area contributed by atoms with Crippen LogP contribution < -0.4 is 20.3 Å². The molecule has 0 saturated carbocycles. The monoisotopic (exact) mass is 705 g/mol. The van der Waals surface area contributed by atoms with E-state index in [-0.39, 0.29) is 24.1 Å². The van der Waals surface area contributed by atoms with Crippen molar-refractivity contribution in [2.45, 2.75) is 63.6 Å². The highest BCUT2D eigenvalue weighted by molar-refractivity contribution is 6.04. The molecule has 2 fully saturated rings. The van der Waals surface area contributed by atoms with Crippen molar-refractivity contribution in [1.29, 1.82) is 0 Å². The molecule has 3 aliphatic heterocycles. The Bertz CT molecular complexity index is 1930. The molecule has 0 radical (unpaired) electrons. The number of rotatable bonds is 13. The summed E-state index contributed by atoms with van der Waals surface area (Å²) in [5, 5.41) is 6.53. The fourth-order valence-electron chi connectivity index (χ4n) is 7.90. The van der Waals surface area contributed by atoms with Crippen LogP contribution in [0.15, 0.2) is 60.8 Å². The number of fused-ring (bicyclic) bond motifs is 2. The number of anilines is 2. The Morgan fingerprint density at radius 3 is 2.62 bits per heavy atom. The minimum absolute atomic E-state index is 0.149. The second-order valence-electron chi connectivity index (χ2n) is 14.2. The molecule has 3 amide bonds. The lowest BCUT2D eigenvalue weighted by Crippen LogP contribution is -2.38. The van der Waals surface area contributed by atoms with E-state index in [9.17, 15) is 19.2 Å². The number of nitrogens with zero attached hydrogens (tertiary/aromatic N) is 4. The summed E-state index contributed by atoms with van der Waals surface area (Å²) in [4.78, 5) is 64.2. The number of likely N-dealkylation sites (tertiary alicyclic amines) is 1. The molecular weight excluding hydrogens is 658 g/mol. The minimum Gasteiger partial charge on any atom is -0.494 e. The number of aldehydes is 1. The van der Waals surface area contributed by atoms with Crippen molar-refractivity contribution in [3.05, 3.63) is 83.2 Å². The van der Waals surface area contributed by atoms with E-state index in [0.29, 0.717) is 48.5 Å². The van der Waals surface area contributed by atoms with Gasteiger partial charge < -0.3 is 34.9 Å².